The number of amides is 1. The largest absolute Gasteiger partial charge is 0.484 e. The molecule has 0 N–H and O–H groups in total. The predicted octanol–water partition coefficient (Wildman–Crippen LogP) is 1.81. The summed E-state index contributed by atoms with van der Waals surface area (Å²) in [5, 5.41) is 0.571. The number of likely N-dealkylation sites (N-methyl/N-ethyl adjacent to an activating group) is 1. The van der Waals surface area contributed by atoms with E-state index in [1.165, 1.54) is 4.90 Å². The van der Waals surface area contributed by atoms with Crippen LogP contribution >= 0.6 is 11.6 Å². The number of benzene rings is 1. The van der Waals surface area contributed by atoms with Crippen molar-refractivity contribution < 1.29 is 9.53 Å². The van der Waals surface area contributed by atoms with Gasteiger partial charge in [0.1, 0.15) is 5.75 Å². The van der Waals surface area contributed by atoms with Gasteiger partial charge < -0.3 is 9.64 Å². The van der Waals surface area contributed by atoms with Crippen LogP contribution in [0.15, 0.2) is 24.3 Å². The average Bonchev–Trinajstić information content (AvgIpc) is 2.26. The van der Waals surface area contributed by atoms with Gasteiger partial charge in [0, 0.05) is 12.1 Å². The highest BCUT2D eigenvalue weighted by atomic mass is 35.5. The first-order valence-corrected chi connectivity index (χ1v) is 5.07. The van der Waals surface area contributed by atoms with E-state index in [-0.39, 0.29) is 19.1 Å². The molecule has 4 heteroatoms. The number of nitrogens with zero attached hydrogens (tertiary/aromatic N) is 1. The van der Waals surface area contributed by atoms with Crippen molar-refractivity contribution in [3.63, 3.8) is 0 Å². The highest BCUT2D eigenvalue weighted by Gasteiger charge is 2.07. The van der Waals surface area contributed by atoms with Crippen LogP contribution < -0.4 is 4.74 Å². The molecule has 1 amide bonds. The first-order chi connectivity index (χ1) is 7.63. The minimum Gasteiger partial charge on any atom is -0.484 e. The highest BCUT2D eigenvalue weighted by Crippen LogP contribution is 2.16. The quantitative estimate of drug-likeness (QED) is 0.748. The van der Waals surface area contributed by atoms with Crippen molar-refractivity contribution in [2.45, 2.75) is 0 Å². The van der Waals surface area contributed by atoms with Gasteiger partial charge in [0.15, 0.2) is 6.61 Å². The van der Waals surface area contributed by atoms with E-state index in [4.69, 9.17) is 22.8 Å². The Morgan fingerprint density at radius 3 is 3.00 bits per heavy atom. The Morgan fingerprint density at radius 1 is 1.62 bits per heavy atom. The minimum absolute atomic E-state index is 0.0431. The van der Waals surface area contributed by atoms with Crippen LogP contribution in [0.5, 0.6) is 5.75 Å². The summed E-state index contributed by atoms with van der Waals surface area (Å²) >= 11 is 5.77. The molecule has 1 aromatic carbocycles. The third-order valence-electron chi connectivity index (χ3n) is 1.91. The van der Waals surface area contributed by atoms with Gasteiger partial charge in [-0.15, -0.1) is 6.42 Å². The van der Waals surface area contributed by atoms with Gasteiger partial charge >= 0.3 is 0 Å². The zero-order valence-corrected chi connectivity index (χ0v) is 9.70. The molecule has 0 saturated heterocycles. The molecule has 0 aliphatic carbocycles. The van der Waals surface area contributed by atoms with Crippen molar-refractivity contribution in [2.24, 2.45) is 0 Å². The molecule has 0 fully saturated rings. The second-order valence-corrected chi connectivity index (χ2v) is 3.64. The molecule has 0 spiro atoms. The molecule has 0 aliphatic rings. The average molecular weight is 238 g/mol. The highest BCUT2D eigenvalue weighted by molar-refractivity contribution is 6.30. The van der Waals surface area contributed by atoms with Crippen LogP contribution in [0.1, 0.15) is 0 Å². The molecule has 84 valence electrons. The molecule has 0 aliphatic heterocycles. The summed E-state index contributed by atoms with van der Waals surface area (Å²) in [5.74, 6) is 2.78. The smallest absolute Gasteiger partial charge is 0.261 e. The molecule has 0 bridgehead atoms. The number of carbonyl (C=O) groups excluding carboxylic acids is 1. The number of halogens is 1. The lowest BCUT2D eigenvalue weighted by atomic mass is 10.3. The summed E-state index contributed by atoms with van der Waals surface area (Å²) in [4.78, 5) is 12.9. The van der Waals surface area contributed by atoms with Crippen molar-refractivity contribution >= 4 is 17.5 Å². The van der Waals surface area contributed by atoms with Gasteiger partial charge in [-0.2, -0.15) is 0 Å². The second kappa shape index (κ2) is 6.04. The Hall–Kier alpha value is -1.66. The van der Waals surface area contributed by atoms with Gasteiger partial charge in [0.2, 0.25) is 0 Å². The number of ether oxygens (including phenoxy) is 1. The molecule has 0 aromatic heterocycles. The van der Waals surface area contributed by atoms with Crippen LogP contribution in [-0.2, 0) is 4.79 Å². The molecular formula is C12H12ClNO2. The van der Waals surface area contributed by atoms with Crippen LogP contribution in [-0.4, -0.2) is 31.0 Å². The lowest BCUT2D eigenvalue weighted by molar-refractivity contribution is -0.131. The SMILES string of the molecule is C#CCN(C)C(=O)COc1cccc(Cl)c1. The monoisotopic (exact) mass is 237 g/mol. The third-order valence-corrected chi connectivity index (χ3v) is 2.15. The van der Waals surface area contributed by atoms with Crippen molar-refractivity contribution in [3.8, 4) is 18.1 Å². The van der Waals surface area contributed by atoms with Crippen molar-refractivity contribution in [2.75, 3.05) is 20.2 Å². The van der Waals surface area contributed by atoms with Gasteiger partial charge in [0.05, 0.1) is 6.54 Å². The minimum atomic E-state index is -0.169. The number of hydrogen-bond donors (Lipinski definition) is 0. The molecule has 0 saturated carbocycles. The van der Waals surface area contributed by atoms with E-state index in [0.717, 1.165) is 0 Å². The summed E-state index contributed by atoms with van der Waals surface area (Å²) < 4.78 is 5.27. The fraction of sp³-hybridized carbons (Fsp3) is 0.250. The first-order valence-electron chi connectivity index (χ1n) is 4.69. The predicted molar refractivity (Wildman–Crippen MR) is 63.4 cm³/mol. The van der Waals surface area contributed by atoms with E-state index < -0.39 is 0 Å². The second-order valence-electron chi connectivity index (χ2n) is 3.20. The van der Waals surface area contributed by atoms with Crippen molar-refractivity contribution in [3.05, 3.63) is 29.3 Å². The van der Waals surface area contributed by atoms with Gasteiger partial charge in [-0.1, -0.05) is 23.6 Å². The number of hydrogen-bond acceptors (Lipinski definition) is 2. The third kappa shape index (κ3) is 3.84. The van der Waals surface area contributed by atoms with Crippen molar-refractivity contribution in [1.82, 2.24) is 4.90 Å². The van der Waals surface area contributed by atoms with E-state index in [2.05, 4.69) is 5.92 Å². The van der Waals surface area contributed by atoms with Crippen LogP contribution in [0, 0.1) is 12.3 Å². The normalized spacial score (nSPS) is 9.31. The maximum Gasteiger partial charge on any atom is 0.261 e. The molecular weight excluding hydrogens is 226 g/mol. The molecule has 0 radical (unpaired) electrons. The lowest BCUT2D eigenvalue weighted by Crippen LogP contribution is -2.31. The maximum absolute atomic E-state index is 11.5. The first kappa shape index (κ1) is 12.4. The molecule has 1 rings (SSSR count). The molecule has 16 heavy (non-hydrogen) atoms. The van der Waals surface area contributed by atoms with E-state index in [1.54, 1.807) is 31.3 Å². The Kier molecular flexibility index (Phi) is 4.68. The van der Waals surface area contributed by atoms with Gasteiger partial charge in [-0.25, -0.2) is 0 Å². The van der Waals surface area contributed by atoms with Crippen LogP contribution in [0.2, 0.25) is 5.02 Å². The number of terminal acetylenes is 1. The Labute approximate surface area is 100.0 Å². The molecule has 3 nitrogen and oxygen atoms in total. The Morgan fingerprint density at radius 2 is 2.38 bits per heavy atom. The Bertz CT molecular complexity index is 412. The number of rotatable bonds is 4. The van der Waals surface area contributed by atoms with E-state index >= 15 is 0 Å². The molecule has 0 unspecified atom stereocenters. The summed E-state index contributed by atoms with van der Waals surface area (Å²) in [5.41, 5.74) is 0. The summed E-state index contributed by atoms with van der Waals surface area (Å²) in [6.45, 7) is 0.232. The molecule has 0 atom stereocenters. The Balaban J connectivity index is 2.46. The van der Waals surface area contributed by atoms with Crippen molar-refractivity contribution in [1.29, 1.82) is 0 Å². The van der Waals surface area contributed by atoms with Crippen LogP contribution in [0.3, 0.4) is 0 Å². The van der Waals surface area contributed by atoms with Crippen LogP contribution in [0.4, 0.5) is 0 Å². The van der Waals surface area contributed by atoms with Gasteiger partial charge in [-0.3, -0.25) is 4.79 Å². The zero-order valence-electron chi connectivity index (χ0n) is 8.94. The fourth-order valence-corrected chi connectivity index (χ4v) is 1.22. The number of carbonyl (C=O) groups is 1. The van der Waals surface area contributed by atoms with E-state index in [0.29, 0.717) is 10.8 Å². The fourth-order valence-electron chi connectivity index (χ4n) is 1.04. The summed E-state index contributed by atoms with van der Waals surface area (Å²) in [7, 11) is 1.63. The summed E-state index contributed by atoms with van der Waals surface area (Å²) in [6, 6.07) is 6.88. The lowest BCUT2D eigenvalue weighted by Gasteiger charge is -2.14. The topological polar surface area (TPSA) is 29.5 Å². The standard InChI is InChI=1S/C12H12ClNO2/c1-3-7-14(2)12(15)9-16-11-6-4-5-10(13)8-11/h1,4-6,8H,7,9H2,2H3. The maximum atomic E-state index is 11.5. The van der Waals surface area contributed by atoms with Gasteiger partial charge in [0.25, 0.3) is 5.91 Å². The van der Waals surface area contributed by atoms with Gasteiger partial charge in [-0.05, 0) is 18.2 Å². The molecule has 0 heterocycles. The molecule has 1 aromatic rings. The van der Waals surface area contributed by atoms with Crippen LogP contribution in [0.25, 0.3) is 0 Å². The van der Waals surface area contributed by atoms with E-state index in [1.807, 2.05) is 0 Å². The van der Waals surface area contributed by atoms with E-state index in [9.17, 15) is 4.79 Å². The summed E-state index contributed by atoms with van der Waals surface area (Å²) in [6.07, 6.45) is 5.09. The zero-order chi connectivity index (χ0) is 12.0.